The van der Waals surface area contributed by atoms with Crippen molar-refractivity contribution in [3.05, 3.63) is 23.3 Å². The van der Waals surface area contributed by atoms with E-state index in [9.17, 15) is 0 Å². The van der Waals surface area contributed by atoms with E-state index in [1.54, 1.807) is 7.11 Å². The standard InChI is InChI=1S/C14H19NO3/c1-16-13-3-2-12-11(8-17-9-18-12)14(13)10-4-6-15-7-5-10/h2-3,10,15H,4-9H2,1H3. The highest BCUT2D eigenvalue weighted by Crippen LogP contribution is 2.41. The Morgan fingerprint density at radius 3 is 2.89 bits per heavy atom. The summed E-state index contributed by atoms with van der Waals surface area (Å²) in [7, 11) is 1.73. The summed E-state index contributed by atoms with van der Waals surface area (Å²) in [5.74, 6) is 2.46. The van der Waals surface area contributed by atoms with Crippen molar-refractivity contribution in [1.82, 2.24) is 5.32 Å². The summed E-state index contributed by atoms with van der Waals surface area (Å²) < 4.78 is 16.5. The van der Waals surface area contributed by atoms with Crippen LogP contribution in [0.15, 0.2) is 12.1 Å². The Labute approximate surface area is 107 Å². The lowest BCUT2D eigenvalue weighted by atomic mass is 9.86. The van der Waals surface area contributed by atoms with Crippen LogP contribution in [-0.2, 0) is 11.3 Å². The number of methoxy groups -OCH3 is 1. The number of hydrogen-bond donors (Lipinski definition) is 1. The van der Waals surface area contributed by atoms with Gasteiger partial charge in [-0.1, -0.05) is 0 Å². The van der Waals surface area contributed by atoms with Crippen molar-refractivity contribution in [2.75, 3.05) is 27.0 Å². The molecule has 0 aliphatic carbocycles. The number of fused-ring (bicyclic) bond motifs is 1. The molecular weight excluding hydrogens is 230 g/mol. The molecule has 4 heteroatoms. The van der Waals surface area contributed by atoms with Gasteiger partial charge in [-0.2, -0.15) is 0 Å². The SMILES string of the molecule is COc1ccc2c(c1C1CCNCC1)COCO2. The van der Waals surface area contributed by atoms with Crippen LogP contribution in [0.3, 0.4) is 0 Å². The molecule has 0 saturated carbocycles. The maximum absolute atomic E-state index is 5.56. The van der Waals surface area contributed by atoms with E-state index in [4.69, 9.17) is 14.2 Å². The van der Waals surface area contributed by atoms with E-state index in [0.717, 1.165) is 37.4 Å². The minimum atomic E-state index is 0.352. The average Bonchev–Trinajstić information content (AvgIpc) is 2.47. The first-order chi connectivity index (χ1) is 8.90. The van der Waals surface area contributed by atoms with Gasteiger partial charge in [0.2, 0.25) is 0 Å². The largest absolute Gasteiger partial charge is 0.496 e. The third-order valence-corrected chi connectivity index (χ3v) is 3.79. The molecular formula is C14H19NO3. The maximum Gasteiger partial charge on any atom is 0.189 e. The van der Waals surface area contributed by atoms with Gasteiger partial charge in [-0.3, -0.25) is 0 Å². The lowest BCUT2D eigenvalue weighted by Gasteiger charge is -2.29. The molecule has 3 rings (SSSR count). The molecule has 2 aliphatic heterocycles. The molecule has 0 bridgehead atoms. The number of benzene rings is 1. The highest BCUT2D eigenvalue weighted by molar-refractivity contribution is 5.51. The molecule has 2 heterocycles. The van der Waals surface area contributed by atoms with Gasteiger partial charge in [0.1, 0.15) is 11.5 Å². The third-order valence-electron chi connectivity index (χ3n) is 3.79. The lowest BCUT2D eigenvalue weighted by Crippen LogP contribution is -2.28. The topological polar surface area (TPSA) is 39.7 Å². The molecule has 1 saturated heterocycles. The van der Waals surface area contributed by atoms with Crippen molar-refractivity contribution in [3.63, 3.8) is 0 Å². The van der Waals surface area contributed by atoms with Gasteiger partial charge in [0.15, 0.2) is 6.79 Å². The van der Waals surface area contributed by atoms with Crippen LogP contribution in [0.2, 0.25) is 0 Å². The number of nitrogens with one attached hydrogen (secondary N) is 1. The van der Waals surface area contributed by atoms with E-state index in [1.807, 2.05) is 12.1 Å². The molecule has 1 aromatic carbocycles. The molecule has 18 heavy (non-hydrogen) atoms. The van der Waals surface area contributed by atoms with Crippen LogP contribution in [0.1, 0.15) is 29.9 Å². The Kier molecular flexibility index (Phi) is 3.39. The molecule has 0 atom stereocenters. The molecule has 0 unspecified atom stereocenters. The second-order valence-electron chi connectivity index (χ2n) is 4.79. The molecule has 0 spiro atoms. The normalized spacial score (nSPS) is 20.1. The van der Waals surface area contributed by atoms with Gasteiger partial charge in [0.05, 0.1) is 13.7 Å². The minimum Gasteiger partial charge on any atom is -0.496 e. The summed E-state index contributed by atoms with van der Waals surface area (Å²) in [5.41, 5.74) is 2.46. The van der Waals surface area contributed by atoms with Crippen LogP contribution in [0.5, 0.6) is 11.5 Å². The zero-order chi connectivity index (χ0) is 12.4. The monoisotopic (exact) mass is 249 g/mol. The second kappa shape index (κ2) is 5.16. The van der Waals surface area contributed by atoms with E-state index in [1.165, 1.54) is 11.1 Å². The van der Waals surface area contributed by atoms with E-state index in [2.05, 4.69) is 5.32 Å². The van der Waals surface area contributed by atoms with Gasteiger partial charge in [-0.15, -0.1) is 0 Å². The zero-order valence-corrected chi connectivity index (χ0v) is 10.7. The predicted octanol–water partition coefficient (Wildman–Crippen LogP) is 2.03. The van der Waals surface area contributed by atoms with Crippen molar-refractivity contribution >= 4 is 0 Å². The fourth-order valence-electron chi connectivity index (χ4n) is 2.89. The van der Waals surface area contributed by atoms with Gasteiger partial charge in [-0.25, -0.2) is 0 Å². The Bertz CT molecular complexity index is 427. The molecule has 0 radical (unpaired) electrons. The first kappa shape index (κ1) is 11.8. The fraction of sp³-hybridized carbons (Fsp3) is 0.571. The predicted molar refractivity (Wildman–Crippen MR) is 68.1 cm³/mol. The van der Waals surface area contributed by atoms with Crippen molar-refractivity contribution < 1.29 is 14.2 Å². The smallest absolute Gasteiger partial charge is 0.189 e. The van der Waals surface area contributed by atoms with E-state index >= 15 is 0 Å². The van der Waals surface area contributed by atoms with Crippen molar-refractivity contribution in [1.29, 1.82) is 0 Å². The van der Waals surface area contributed by atoms with Crippen LogP contribution >= 0.6 is 0 Å². The summed E-state index contributed by atoms with van der Waals surface area (Å²) in [4.78, 5) is 0. The minimum absolute atomic E-state index is 0.352. The highest BCUT2D eigenvalue weighted by Gasteiger charge is 2.26. The molecule has 98 valence electrons. The Hall–Kier alpha value is -1.26. The van der Waals surface area contributed by atoms with Crippen LogP contribution < -0.4 is 14.8 Å². The second-order valence-corrected chi connectivity index (χ2v) is 4.79. The van der Waals surface area contributed by atoms with Crippen LogP contribution in [0.25, 0.3) is 0 Å². The number of ether oxygens (including phenoxy) is 3. The molecule has 1 N–H and O–H groups in total. The Morgan fingerprint density at radius 1 is 1.28 bits per heavy atom. The lowest BCUT2D eigenvalue weighted by molar-refractivity contribution is -0.0172. The summed E-state index contributed by atoms with van der Waals surface area (Å²) in [6.45, 7) is 3.12. The summed E-state index contributed by atoms with van der Waals surface area (Å²) >= 11 is 0. The van der Waals surface area contributed by atoms with E-state index < -0.39 is 0 Å². The molecule has 1 fully saturated rings. The van der Waals surface area contributed by atoms with Crippen molar-refractivity contribution in [2.24, 2.45) is 0 Å². The van der Waals surface area contributed by atoms with Crippen LogP contribution in [-0.4, -0.2) is 27.0 Å². The molecule has 4 nitrogen and oxygen atoms in total. The number of rotatable bonds is 2. The van der Waals surface area contributed by atoms with Gasteiger partial charge in [-0.05, 0) is 44.0 Å². The highest BCUT2D eigenvalue weighted by atomic mass is 16.7. The molecule has 2 aliphatic rings. The average molecular weight is 249 g/mol. The van der Waals surface area contributed by atoms with Crippen LogP contribution in [0.4, 0.5) is 0 Å². The third kappa shape index (κ3) is 2.06. The van der Waals surface area contributed by atoms with Crippen molar-refractivity contribution in [2.45, 2.75) is 25.4 Å². The first-order valence-electron chi connectivity index (χ1n) is 6.51. The Morgan fingerprint density at radius 2 is 2.11 bits per heavy atom. The van der Waals surface area contributed by atoms with Crippen LogP contribution in [0, 0.1) is 0 Å². The van der Waals surface area contributed by atoms with Gasteiger partial charge in [0, 0.05) is 11.1 Å². The summed E-state index contributed by atoms with van der Waals surface area (Å²) in [5, 5.41) is 3.40. The van der Waals surface area contributed by atoms with Gasteiger partial charge in [0.25, 0.3) is 0 Å². The molecule has 1 aromatic rings. The number of hydrogen-bond acceptors (Lipinski definition) is 4. The fourth-order valence-corrected chi connectivity index (χ4v) is 2.89. The van der Waals surface area contributed by atoms with Crippen molar-refractivity contribution in [3.8, 4) is 11.5 Å². The zero-order valence-electron chi connectivity index (χ0n) is 10.7. The summed E-state index contributed by atoms with van der Waals surface area (Å²) in [6.07, 6.45) is 2.29. The van der Waals surface area contributed by atoms with E-state index in [-0.39, 0.29) is 0 Å². The van der Waals surface area contributed by atoms with Gasteiger partial charge < -0.3 is 19.5 Å². The number of piperidine rings is 1. The Balaban J connectivity index is 2.03. The summed E-state index contributed by atoms with van der Waals surface area (Å²) in [6, 6.07) is 4.00. The molecule has 0 amide bonds. The quantitative estimate of drug-likeness (QED) is 0.870. The first-order valence-corrected chi connectivity index (χ1v) is 6.51. The maximum atomic E-state index is 5.56. The van der Waals surface area contributed by atoms with E-state index in [0.29, 0.717) is 19.3 Å². The molecule has 0 aromatic heterocycles. The van der Waals surface area contributed by atoms with Gasteiger partial charge >= 0.3 is 0 Å².